The van der Waals surface area contributed by atoms with Gasteiger partial charge in [-0.15, -0.1) is 0 Å². The van der Waals surface area contributed by atoms with E-state index in [1.165, 1.54) is 0 Å². The number of nitrogens with two attached hydrogens (primary N) is 1. The highest BCUT2D eigenvalue weighted by Crippen LogP contribution is 2.26. The van der Waals surface area contributed by atoms with Crippen LogP contribution in [0.3, 0.4) is 0 Å². The van der Waals surface area contributed by atoms with E-state index >= 15 is 0 Å². The molecule has 0 spiro atoms. The lowest BCUT2D eigenvalue weighted by Crippen LogP contribution is -2.09. The Morgan fingerprint density at radius 2 is 2.27 bits per heavy atom. The second kappa shape index (κ2) is 5.48. The Balaban J connectivity index is 3.27. The maximum Gasteiger partial charge on any atom is 0.160 e. The van der Waals surface area contributed by atoms with Gasteiger partial charge in [-0.3, -0.25) is 4.79 Å². The van der Waals surface area contributed by atoms with Gasteiger partial charge < -0.3 is 9.94 Å². The van der Waals surface area contributed by atoms with Gasteiger partial charge in [-0.05, 0) is 24.5 Å². The van der Waals surface area contributed by atoms with Crippen LogP contribution in [0.1, 0.15) is 28.4 Å². The van der Waals surface area contributed by atoms with Gasteiger partial charge in [-0.2, -0.15) is 5.90 Å². The van der Waals surface area contributed by atoms with Crippen LogP contribution in [0.4, 0.5) is 0 Å². The fourth-order valence-electron chi connectivity index (χ4n) is 1.66. The SMILES string of the molecule is CCc1c(CCO)ccc(C=O)c1ON. The molecule has 0 amide bonds. The number of aldehydes is 1. The van der Waals surface area contributed by atoms with Gasteiger partial charge in [0.2, 0.25) is 0 Å². The first-order valence-electron chi connectivity index (χ1n) is 4.86. The highest BCUT2D eigenvalue weighted by molar-refractivity contribution is 5.80. The van der Waals surface area contributed by atoms with E-state index in [2.05, 4.69) is 0 Å². The van der Waals surface area contributed by atoms with Crippen LogP contribution in [-0.4, -0.2) is 18.0 Å². The van der Waals surface area contributed by atoms with Crippen LogP contribution in [0, 0.1) is 0 Å². The van der Waals surface area contributed by atoms with Crippen LogP contribution < -0.4 is 10.7 Å². The molecule has 82 valence electrons. The zero-order valence-electron chi connectivity index (χ0n) is 8.69. The molecular weight excluding hydrogens is 194 g/mol. The number of carbonyl (C=O) groups excluding carboxylic acids is 1. The highest BCUT2D eigenvalue weighted by Gasteiger charge is 2.12. The van der Waals surface area contributed by atoms with Crippen LogP contribution >= 0.6 is 0 Å². The van der Waals surface area contributed by atoms with Crippen molar-refractivity contribution in [2.45, 2.75) is 19.8 Å². The van der Waals surface area contributed by atoms with Gasteiger partial charge in [0.1, 0.15) is 0 Å². The van der Waals surface area contributed by atoms with E-state index in [1.54, 1.807) is 6.07 Å². The highest BCUT2D eigenvalue weighted by atomic mass is 16.6. The molecule has 4 nitrogen and oxygen atoms in total. The Labute approximate surface area is 88.6 Å². The van der Waals surface area contributed by atoms with Crippen molar-refractivity contribution in [3.05, 3.63) is 28.8 Å². The molecule has 0 unspecified atom stereocenters. The molecular formula is C11H15NO3. The van der Waals surface area contributed by atoms with E-state index < -0.39 is 0 Å². The Morgan fingerprint density at radius 3 is 2.73 bits per heavy atom. The number of hydrogen-bond acceptors (Lipinski definition) is 4. The van der Waals surface area contributed by atoms with Crippen molar-refractivity contribution < 1.29 is 14.7 Å². The minimum Gasteiger partial charge on any atom is -0.410 e. The fourth-order valence-corrected chi connectivity index (χ4v) is 1.66. The molecule has 1 rings (SSSR count). The smallest absolute Gasteiger partial charge is 0.160 e. The Bertz CT molecular complexity index is 350. The van der Waals surface area contributed by atoms with E-state index in [9.17, 15) is 4.79 Å². The second-order valence-electron chi connectivity index (χ2n) is 3.18. The number of rotatable bonds is 5. The molecule has 1 aromatic carbocycles. The van der Waals surface area contributed by atoms with Crippen molar-refractivity contribution in [2.24, 2.45) is 5.90 Å². The van der Waals surface area contributed by atoms with Crippen LogP contribution in [0.2, 0.25) is 0 Å². The fraction of sp³-hybridized carbons (Fsp3) is 0.364. The second-order valence-corrected chi connectivity index (χ2v) is 3.18. The molecule has 4 heteroatoms. The molecule has 1 aromatic rings. The molecule has 0 saturated heterocycles. The monoisotopic (exact) mass is 209 g/mol. The van der Waals surface area contributed by atoms with Crippen LogP contribution in [0.15, 0.2) is 12.1 Å². The van der Waals surface area contributed by atoms with Gasteiger partial charge in [0.25, 0.3) is 0 Å². The topological polar surface area (TPSA) is 72.5 Å². The lowest BCUT2D eigenvalue weighted by Gasteiger charge is -2.12. The van der Waals surface area contributed by atoms with Crippen LogP contribution in [-0.2, 0) is 12.8 Å². The summed E-state index contributed by atoms with van der Waals surface area (Å²) in [7, 11) is 0. The third-order valence-corrected chi connectivity index (χ3v) is 2.37. The van der Waals surface area contributed by atoms with Crippen molar-refractivity contribution in [2.75, 3.05) is 6.61 Å². The first-order valence-corrected chi connectivity index (χ1v) is 4.86. The predicted octanol–water partition coefficient (Wildman–Crippen LogP) is 0.849. The normalized spacial score (nSPS) is 10.1. The number of benzene rings is 1. The van der Waals surface area contributed by atoms with Crippen molar-refractivity contribution in [3.8, 4) is 5.75 Å². The average molecular weight is 209 g/mol. The molecule has 0 radical (unpaired) electrons. The summed E-state index contributed by atoms with van der Waals surface area (Å²) in [4.78, 5) is 15.5. The van der Waals surface area contributed by atoms with E-state index in [4.69, 9.17) is 15.8 Å². The molecule has 0 aliphatic heterocycles. The number of aliphatic hydroxyl groups is 1. The summed E-state index contributed by atoms with van der Waals surface area (Å²) in [5, 5.41) is 8.89. The molecule has 0 saturated carbocycles. The maximum absolute atomic E-state index is 10.7. The van der Waals surface area contributed by atoms with Crippen molar-refractivity contribution in [1.29, 1.82) is 0 Å². The Hall–Kier alpha value is -1.39. The molecule has 0 atom stereocenters. The zero-order chi connectivity index (χ0) is 11.3. The van der Waals surface area contributed by atoms with E-state index in [0.29, 0.717) is 30.4 Å². The van der Waals surface area contributed by atoms with Crippen LogP contribution in [0.25, 0.3) is 0 Å². The quantitative estimate of drug-likeness (QED) is 0.557. The molecule has 0 aromatic heterocycles. The summed E-state index contributed by atoms with van der Waals surface area (Å²) in [6.45, 7) is 2.02. The summed E-state index contributed by atoms with van der Waals surface area (Å²) < 4.78 is 0. The van der Waals surface area contributed by atoms with E-state index in [0.717, 1.165) is 11.1 Å². The lowest BCUT2D eigenvalue weighted by molar-refractivity contribution is 0.111. The largest absolute Gasteiger partial charge is 0.410 e. The van der Waals surface area contributed by atoms with Gasteiger partial charge in [-0.25, -0.2) is 0 Å². The summed E-state index contributed by atoms with van der Waals surface area (Å²) in [6, 6.07) is 3.47. The summed E-state index contributed by atoms with van der Waals surface area (Å²) in [5.74, 6) is 5.56. The average Bonchev–Trinajstić information content (AvgIpc) is 2.28. The Kier molecular flexibility index (Phi) is 4.27. The van der Waals surface area contributed by atoms with E-state index in [-0.39, 0.29) is 6.61 Å². The molecule has 0 aliphatic carbocycles. The molecule has 3 N–H and O–H groups in total. The summed E-state index contributed by atoms with van der Waals surface area (Å²) in [5.41, 5.74) is 2.29. The molecule has 0 bridgehead atoms. The predicted molar refractivity (Wildman–Crippen MR) is 56.8 cm³/mol. The number of hydrogen-bond donors (Lipinski definition) is 2. The van der Waals surface area contributed by atoms with Gasteiger partial charge in [0.05, 0.1) is 5.56 Å². The van der Waals surface area contributed by atoms with Gasteiger partial charge in [0.15, 0.2) is 12.0 Å². The first kappa shape index (κ1) is 11.7. The summed E-state index contributed by atoms with van der Waals surface area (Å²) in [6.07, 6.45) is 1.96. The number of carbonyl (C=O) groups is 1. The minimum atomic E-state index is 0.0669. The molecule has 0 fully saturated rings. The third kappa shape index (κ3) is 2.34. The minimum absolute atomic E-state index is 0.0669. The van der Waals surface area contributed by atoms with Gasteiger partial charge in [-0.1, -0.05) is 13.0 Å². The van der Waals surface area contributed by atoms with E-state index in [1.807, 2.05) is 13.0 Å². The Morgan fingerprint density at radius 1 is 1.53 bits per heavy atom. The van der Waals surface area contributed by atoms with Crippen molar-refractivity contribution >= 4 is 6.29 Å². The standard InChI is InChI=1S/C11H15NO3/c1-2-10-8(5-6-13)3-4-9(7-14)11(10)15-12/h3-4,7,13H,2,5-6,12H2,1H3. The van der Waals surface area contributed by atoms with Crippen LogP contribution in [0.5, 0.6) is 5.75 Å². The van der Waals surface area contributed by atoms with Gasteiger partial charge >= 0.3 is 0 Å². The molecule has 0 heterocycles. The first-order chi connectivity index (χ1) is 7.28. The molecule has 15 heavy (non-hydrogen) atoms. The van der Waals surface area contributed by atoms with Gasteiger partial charge in [0, 0.05) is 12.2 Å². The zero-order valence-corrected chi connectivity index (χ0v) is 8.69. The number of aliphatic hydroxyl groups excluding tert-OH is 1. The molecule has 0 aliphatic rings. The maximum atomic E-state index is 10.7. The third-order valence-electron chi connectivity index (χ3n) is 2.37. The summed E-state index contributed by atoms with van der Waals surface area (Å²) >= 11 is 0. The van der Waals surface area contributed by atoms with Crippen molar-refractivity contribution in [1.82, 2.24) is 0 Å². The lowest BCUT2D eigenvalue weighted by atomic mass is 9.98. The van der Waals surface area contributed by atoms with Crippen molar-refractivity contribution in [3.63, 3.8) is 0 Å².